The van der Waals surface area contributed by atoms with Crippen LogP contribution in [0, 0.1) is 13.8 Å². The number of aliphatic hydroxyl groups is 1. The monoisotopic (exact) mass is 245 g/mol. The highest BCUT2D eigenvalue weighted by atomic mass is 32.2. The third kappa shape index (κ3) is 3.28. The van der Waals surface area contributed by atoms with E-state index >= 15 is 0 Å². The van der Waals surface area contributed by atoms with Crippen LogP contribution in [-0.2, 0) is 14.4 Å². The first-order chi connectivity index (χ1) is 7.47. The molecule has 1 aromatic carbocycles. The Balaban J connectivity index is 2.90. The van der Waals surface area contributed by atoms with Gasteiger partial charge in [-0.15, -0.1) is 0 Å². The van der Waals surface area contributed by atoms with Crippen molar-refractivity contribution in [3.63, 3.8) is 0 Å². The average molecular weight is 245 g/mol. The molecule has 90 valence electrons. The fourth-order valence-corrected chi connectivity index (χ4v) is 2.31. The standard InChI is InChI=1S/C10H15NO4S/c1-8-3-4-10(9(2)7-8)16(13,14)15-11-5-6-12/h3-4,7,11-12H,5-6H2,1-2H3. The Morgan fingerprint density at radius 2 is 2.06 bits per heavy atom. The van der Waals surface area contributed by atoms with Gasteiger partial charge in [0, 0.05) is 6.54 Å². The molecule has 1 rings (SSSR count). The van der Waals surface area contributed by atoms with Crippen LogP contribution in [-0.4, -0.2) is 26.7 Å². The fraction of sp³-hybridized carbons (Fsp3) is 0.400. The Bertz CT molecular complexity index is 456. The summed E-state index contributed by atoms with van der Waals surface area (Å²) in [5, 5.41) is 8.49. The number of hydrogen-bond donors (Lipinski definition) is 2. The smallest absolute Gasteiger partial charge is 0.313 e. The minimum Gasteiger partial charge on any atom is -0.395 e. The maximum atomic E-state index is 11.7. The first-order valence-electron chi connectivity index (χ1n) is 4.82. The first kappa shape index (κ1) is 13.1. The van der Waals surface area contributed by atoms with Crippen LogP contribution in [0.1, 0.15) is 11.1 Å². The molecule has 0 amide bonds. The van der Waals surface area contributed by atoms with Gasteiger partial charge in [-0.25, -0.2) is 0 Å². The molecule has 0 fully saturated rings. The van der Waals surface area contributed by atoms with Crippen molar-refractivity contribution in [3.8, 4) is 0 Å². The van der Waals surface area contributed by atoms with Gasteiger partial charge in [0.1, 0.15) is 0 Å². The summed E-state index contributed by atoms with van der Waals surface area (Å²) >= 11 is 0. The molecule has 0 aromatic heterocycles. The lowest BCUT2D eigenvalue weighted by Gasteiger charge is -2.08. The van der Waals surface area contributed by atoms with Crippen LogP contribution >= 0.6 is 0 Å². The highest BCUT2D eigenvalue weighted by molar-refractivity contribution is 7.86. The lowest BCUT2D eigenvalue weighted by atomic mass is 10.2. The van der Waals surface area contributed by atoms with Crippen molar-refractivity contribution in [1.29, 1.82) is 0 Å². The molecule has 0 spiro atoms. The zero-order valence-electron chi connectivity index (χ0n) is 9.23. The molecule has 0 aliphatic rings. The van der Waals surface area contributed by atoms with Gasteiger partial charge in [-0.2, -0.15) is 18.2 Å². The number of hydroxylamine groups is 1. The largest absolute Gasteiger partial charge is 0.395 e. The number of nitrogens with one attached hydrogen (secondary N) is 1. The Labute approximate surface area is 95.1 Å². The quantitative estimate of drug-likeness (QED) is 0.584. The van der Waals surface area contributed by atoms with E-state index in [0.29, 0.717) is 5.56 Å². The summed E-state index contributed by atoms with van der Waals surface area (Å²) in [7, 11) is -3.80. The summed E-state index contributed by atoms with van der Waals surface area (Å²) < 4.78 is 27.9. The minimum absolute atomic E-state index is 0.0597. The van der Waals surface area contributed by atoms with Crippen LogP contribution in [0.2, 0.25) is 0 Å². The van der Waals surface area contributed by atoms with Crippen molar-refractivity contribution in [2.75, 3.05) is 13.2 Å². The molecule has 0 saturated heterocycles. The minimum atomic E-state index is -3.80. The predicted molar refractivity (Wildman–Crippen MR) is 59.3 cm³/mol. The molecule has 0 bridgehead atoms. The van der Waals surface area contributed by atoms with E-state index in [2.05, 4.69) is 9.76 Å². The molecular weight excluding hydrogens is 230 g/mol. The van der Waals surface area contributed by atoms with E-state index in [9.17, 15) is 8.42 Å². The van der Waals surface area contributed by atoms with Gasteiger partial charge in [-0.1, -0.05) is 17.7 Å². The Morgan fingerprint density at radius 3 is 2.62 bits per heavy atom. The van der Waals surface area contributed by atoms with Gasteiger partial charge in [0.2, 0.25) is 0 Å². The van der Waals surface area contributed by atoms with Crippen molar-refractivity contribution in [1.82, 2.24) is 5.48 Å². The van der Waals surface area contributed by atoms with E-state index in [4.69, 9.17) is 5.11 Å². The molecule has 0 unspecified atom stereocenters. The second-order valence-corrected chi connectivity index (χ2v) is 4.94. The fourth-order valence-electron chi connectivity index (χ4n) is 1.29. The highest BCUT2D eigenvalue weighted by Gasteiger charge is 2.17. The number of aryl methyl sites for hydroxylation is 2. The number of aliphatic hydroxyl groups excluding tert-OH is 1. The van der Waals surface area contributed by atoms with Crippen LogP contribution in [0.5, 0.6) is 0 Å². The predicted octanol–water partition coefficient (Wildman–Crippen LogP) is 0.506. The highest BCUT2D eigenvalue weighted by Crippen LogP contribution is 2.17. The summed E-state index contributed by atoms with van der Waals surface area (Å²) in [6.45, 7) is 3.45. The average Bonchev–Trinajstić information content (AvgIpc) is 2.17. The number of benzene rings is 1. The topological polar surface area (TPSA) is 75.6 Å². The van der Waals surface area contributed by atoms with E-state index in [1.54, 1.807) is 19.1 Å². The number of hydrogen-bond acceptors (Lipinski definition) is 5. The molecule has 0 atom stereocenters. The second kappa shape index (κ2) is 5.40. The summed E-state index contributed by atoms with van der Waals surface area (Å²) in [6.07, 6.45) is 0. The van der Waals surface area contributed by atoms with Crippen LogP contribution in [0.15, 0.2) is 23.1 Å². The maximum Gasteiger partial charge on any atom is 0.313 e. The summed E-state index contributed by atoms with van der Waals surface area (Å²) in [6, 6.07) is 4.97. The van der Waals surface area contributed by atoms with E-state index < -0.39 is 10.1 Å². The third-order valence-corrected chi connectivity index (χ3v) is 3.32. The van der Waals surface area contributed by atoms with Crippen molar-refractivity contribution in [2.45, 2.75) is 18.7 Å². The number of rotatable bonds is 5. The van der Waals surface area contributed by atoms with Gasteiger partial charge in [-0.05, 0) is 25.5 Å². The maximum absolute atomic E-state index is 11.7. The summed E-state index contributed by atoms with van der Waals surface area (Å²) in [5.41, 5.74) is 3.79. The molecule has 6 heteroatoms. The SMILES string of the molecule is Cc1ccc(S(=O)(=O)ONCCO)c(C)c1. The molecule has 16 heavy (non-hydrogen) atoms. The van der Waals surface area contributed by atoms with Crippen molar-refractivity contribution >= 4 is 10.1 Å². The van der Waals surface area contributed by atoms with E-state index in [1.807, 2.05) is 6.92 Å². The molecule has 0 aliphatic heterocycles. The zero-order chi connectivity index (χ0) is 12.2. The molecule has 0 radical (unpaired) electrons. The molecule has 0 saturated carbocycles. The van der Waals surface area contributed by atoms with E-state index in [-0.39, 0.29) is 18.0 Å². The zero-order valence-corrected chi connectivity index (χ0v) is 10.0. The van der Waals surface area contributed by atoms with Gasteiger partial charge < -0.3 is 5.11 Å². The van der Waals surface area contributed by atoms with Crippen LogP contribution < -0.4 is 5.48 Å². The lowest BCUT2D eigenvalue weighted by Crippen LogP contribution is -2.23. The van der Waals surface area contributed by atoms with Crippen LogP contribution in [0.4, 0.5) is 0 Å². The lowest BCUT2D eigenvalue weighted by molar-refractivity contribution is 0.170. The van der Waals surface area contributed by atoms with Crippen LogP contribution in [0.25, 0.3) is 0 Å². The molecule has 2 N–H and O–H groups in total. The van der Waals surface area contributed by atoms with E-state index in [0.717, 1.165) is 5.56 Å². The van der Waals surface area contributed by atoms with Gasteiger partial charge in [0.05, 0.1) is 11.5 Å². The second-order valence-electron chi connectivity index (χ2n) is 3.42. The summed E-state index contributed by atoms with van der Waals surface area (Å²) in [5.74, 6) is 0. The van der Waals surface area contributed by atoms with Gasteiger partial charge >= 0.3 is 10.1 Å². The van der Waals surface area contributed by atoms with Crippen LogP contribution in [0.3, 0.4) is 0 Å². The Kier molecular flexibility index (Phi) is 4.43. The molecular formula is C10H15NO4S. The van der Waals surface area contributed by atoms with Gasteiger partial charge in [-0.3, -0.25) is 0 Å². The van der Waals surface area contributed by atoms with Crippen molar-refractivity contribution < 1.29 is 17.8 Å². The van der Waals surface area contributed by atoms with Crippen molar-refractivity contribution in [3.05, 3.63) is 29.3 Å². The summed E-state index contributed by atoms with van der Waals surface area (Å²) in [4.78, 5) is 0.128. The molecule has 5 nitrogen and oxygen atoms in total. The normalized spacial score (nSPS) is 11.7. The van der Waals surface area contributed by atoms with E-state index in [1.165, 1.54) is 6.07 Å². The molecule has 1 aromatic rings. The van der Waals surface area contributed by atoms with Crippen molar-refractivity contribution in [2.24, 2.45) is 0 Å². The molecule has 0 heterocycles. The van der Waals surface area contributed by atoms with Gasteiger partial charge in [0.15, 0.2) is 0 Å². The van der Waals surface area contributed by atoms with Gasteiger partial charge in [0.25, 0.3) is 0 Å². The third-order valence-electron chi connectivity index (χ3n) is 1.98. The molecule has 0 aliphatic carbocycles. The Morgan fingerprint density at radius 1 is 1.38 bits per heavy atom. The Hall–Kier alpha value is -0.950. The first-order valence-corrected chi connectivity index (χ1v) is 6.22.